The minimum atomic E-state index is -2.95. The molecule has 28 heavy (non-hydrogen) atoms. The summed E-state index contributed by atoms with van der Waals surface area (Å²) in [4.78, 5) is 4.26. The number of nitrogens with one attached hydrogen (secondary N) is 2. The number of nitrogens with zero attached hydrogens (tertiary/aromatic N) is 1. The minimum absolute atomic E-state index is 0. The number of aryl methyl sites for hydroxylation is 1. The Morgan fingerprint density at radius 3 is 2.50 bits per heavy atom. The van der Waals surface area contributed by atoms with Gasteiger partial charge >= 0.3 is 0 Å². The first kappa shape index (κ1) is 27.0. The van der Waals surface area contributed by atoms with Gasteiger partial charge in [0.15, 0.2) is 5.96 Å². The molecule has 0 aliphatic heterocycles. The van der Waals surface area contributed by atoms with Crippen LogP contribution in [0.25, 0.3) is 0 Å². The fourth-order valence-corrected chi connectivity index (χ4v) is 3.35. The third kappa shape index (κ3) is 11.1. The number of hydrogen-bond donors (Lipinski definition) is 2. The number of rotatable bonds is 10. The molecule has 6 nitrogen and oxygen atoms in total. The van der Waals surface area contributed by atoms with E-state index in [9.17, 15) is 8.42 Å². The van der Waals surface area contributed by atoms with Crippen molar-refractivity contribution >= 4 is 39.8 Å². The normalized spacial score (nSPS) is 12.3. The van der Waals surface area contributed by atoms with Gasteiger partial charge in [0, 0.05) is 32.0 Å². The summed E-state index contributed by atoms with van der Waals surface area (Å²) >= 11 is 0. The number of hydrogen-bond acceptors (Lipinski definition) is 4. The lowest BCUT2D eigenvalue weighted by Gasteiger charge is -2.26. The van der Waals surface area contributed by atoms with E-state index in [4.69, 9.17) is 4.74 Å². The molecule has 2 N–H and O–H groups in total. The highest BCUT2D eigenvalue weighted by molar-refractivity contribution is 14.0. The zero-order valence-electron chi connectivity index (χ0n) is 18.0. The van der Waals surface area contributed by atoms with Crippen molar-refractivity contribution < 1.29 is 13.2 Å². The quantitative estimate of drug-likeness (QED) is 0.278. The fraction of sp³-hybridized carbons (Fsp3) is 0.650. The molecular formula is C20H36IN3O3S. The van der Waals surface area contributed by atoms with Crippen LogP contribution < -0.4 is 15.4 Å². The molecule has 0 saturated heterocycles. The first-order chi connectivity index (χ1) is 12.6. The van der Waals surface area contributed by atoms with E-state index in [1.807, 2.05) is 0 Å². The molecule has 0 atom stereocenters. The van der Waals surface area contributed by atoms with Crippen molar-refractivity contribution in [2.75, 3.05) is 32.2 Å². The smallest absolute Gasteiger partial charge is 0.191 e. The zero-order chi connectivity index (χ0) is 20.5. The molecule has 1 rings (SSSR count). The Bertz CT molecular complexity index is 734. The van der Waals surface area contributed by atoms with Gasteiger partial charge in [0.25, 0.3) is 0 Å². The van der Waals surface area contributed by atoms with Crippen molar-refractivity contribution in [3.05, 3.63) is 29.3 Å². The number of ether oxygens (including phenoxy) is 1. The summed E-state index contributed by atoms with van der Waals surface area (Å²) in [5, 5.41) is 6.60. The van der Waals surface area contributed by atoms with Crippen molar-refractivity contribution in [1.82, 2.24) is 10.6 Å². The molecule has 0 aliphatic carbocycles. The molecule has 0 unspecified atom stereocenters. The molecule has 1 aromatic rings. The van der Waals surface area contributed by atoms with Crippen LogP contribution >= 0.6 is 24.0 Å². The highest BCUT2D eigenvalue weighted by atomic mass is 127. The summed E-state index contributed by atoms with van der Waals surface area (Å²) in [6, 6.07) is 6.19. The number of halogens is 1. The Hall–Kier alpha value is -1.03. The van der Waals surface area contributed by atoms with Gasteiger partial charge in [0.2, 0.25) is 0 Å². The van der Waals surface area contributed by atoms with Gasteiger partial charge in [-0.05, 0) is 36.8 Å². The standard InChI is InChI=1S/C20H35N3O3S.HI/c1-7-11-26-18-13-16(2)8-9-17(18)14-22-19(21-5)23-15-20(3,4)10-12-27(6,24)25;/h8-9,13H,7,10-12,14-15H2,1-6H3,(H2,21,22,23);1H. The summed E-state index contributed by atoms with van der Waals surface area (Å²) in [6.07, 6.45) is 2.84. The van der Waals surface area contributed by atoms with Gasteiger partial charge in [0.1, 0.15) is 15.6 Å². The second-order valence-electron chi connectivity index (χ2n) is 7.78. The molecule has 0 aliphatic rings. The lowest BCUT2D eigenvalue weighted by molar-refractivity contribution is 0.313. The van der Waals surface area contributed by atoms with Gasteiger partial charge in [0.05, 0.1) is 12.4 Å². The van der Waals surface area contributed by atoms with Crippen LogP contribution in [0.15, 0.2) is 23.2 Å². The molecule has 0 fully saturated rings. The molecule has 0 aromatic heterocycles. The van der Waals surface area contributed by atoms with E-state index in [1.165, 1.54) is 11.8 Å². The third-order valence-electron chi connectivity index (χ3n) is 4.24. The van der Waals surface area contributed by atoms with Gasteiger partial charge in [-0.2, -0.15) is 0 Å². The summed E-state index contributed by atoms with van der Waals surface area (Å²) in [5.74, 6) is 1.77. The Kier molecular flexibility index (Phi) is 12.1. The van der Waals surface area contributed by atoms with E-state index in [2.05, 4.69) is 61.5 Å². The summed E-state index contributed by atoms with van der Waals surface area (Å²) < 4.78 is 28.6. The Balaban J connectivity index is 0.00000729. The van der Waals surface area contributed by atoms with E-state index in [1.54, 1.807) is 7.05 Å². The fourth-order valence-electron chi connectivity index (χ4n) is 2.43. The van der Waals surface area contributed by atoms with Crippen molar-refractivity contribution in [2.45, 2.75) is 47.1 Å². The molecule has 0 saturated carbocycles. The van der Waals surface area contributed by atoms with Crippen LogP contribution in [-0.4, -0.2) is 46.6 Å². The lowest BCUT2D eigenvalue weighted by atomic mass is 9.90. The Labute approximate surface area is 187 Å². The first-order valence-electron chi connectivity index (χ1n) is 9.41. The average molecular weight is 525 g/mol. The van der Waals surface area contributed by atoms with Crippen LogP contribution in [0.3, 0.4) is 0 Å². The molecule has 0 heterocycles. The monoisotopic (exact) mass is 525 g/mol. The molecule has 0 amide bonds. The van der Waals surface area contributed by atoms with Crippen LogP contribution in [0.2, 0.25) is 0 Å². The second kappa shape index (κ2) is 12.5. The van der Waals surface area contributed by atoms with Crippen LogP contribution in [0.5, 0.6) is 5.75 Å². The topological polar surface area (TPSA) is 79.8 Å². The van der Waals surface area contributed by atoms with E-state index in [0.29, 0.717) is 32.1 Å². The van der Waals surface area contributed by atoms with Gasteiger partial charge in [-0.25, -0.2) is 8.42 Å². The highest BCUT2D eigenvalue weighted by Gasteiger charge is 2.20. The summed E-state index contributed by atoms with van der Waals surface area (Å²) in [7, 11) is -1.23. The Morgan fingerprint density at radius 1 is 1.25 bits per heavy atom. The largest absolute Gasteiger partial charge is 0.493 e. The van der Waals surface area contributed by atoms with Crippen LogP contribution in [-0.2, 0) is 16.4 Å². The summed E-state index contributed by atoms with van der Waals surface area (Å²) in [5.41, 5.74) is 2.09. The van der Waals surface area contributed by atoms with Gasteiger partial charge in [-0.15, -0.1) is 24.0 Å². The van der Waals surface area contributed by atoms with E-state index in [0.717, 1.165) is 17.7 Å². The maximum absolute atomic E-state index is 11.4. The minimum Gasteiger partial charge on any atom is -0.493 e. The molecule has 0 radical (unpaired) electrons. The van der Waals surface area contributed by atoms with Crippen LogP contribution in [0.1, 0.15) is 44.7 Å². The van der Waals surface area contributed by atoms with Crippen LogP contribution in [0.4, 0.5) is 0 Å². The van der Waals surface area contributed by atoms with Crippen molar-refractivity contribution in [3.63, 3.8) is 0 Å². The number of sulfone groups is 1. The maximum atomic E-state index is 11.4. The third-order valence-corrected chi connectivity index (χ3v) is 5.18. The van der Waals surface area contributed by atoms with Crippen molar-refractivity contribution in [3.8, 4) is 5.75 Å². The number of benzene rings is 1. The molecule has 1 aromatic carbocycles. The van der Waals surface area contributed by atoms with E-state index >= 15 is 0 Å². The van der Waals surface area contributed by atoms with E-state index < -0.39 is 9.84 Å². The lowest BCUT2D eigenvalue weighted by Crippen LogP contribution is -2.42. The predicted octanol–water partition coefficient (Wildman–Crippen LogP) is 3.53. The van der Waals surface area contributed by atoms with E-state index in [-0.39, 0.29) is 35.1 Å². The van der Waals surface area contributed by atoms with Gasteiger partial charge < -0.3 is 15.4 Å². The number of guanidine groups is 1. The maximum Gasteiger partial charge on any atom is 0.191 e. The highest BCUT2D eigenvalue weighted by Crippen LogP contribution is 2.21. The molecule has 0 bridgehead atoms. The SMILES string of the molecule is CCCOc1cc(C)ccc1CNC(=NC)NCC(C)(C)CCS(C)(=O)=O.I. The molecule has 8 heteroatoms. The average Bonchev–Trinajstić information content (AvgIpc) is 2.59. The number of aliphatic imine (C=N–C) groups is 1. The van der Waals surface area contributed by atoms with Gasteiger partial charge in [-0.1, -0.05) is 32.9 Å². The predicted molar refractivity (Wildman–Crippen MR) is 129 cm³/mol. The second-order valence-corrected chi connectivity index (χ2v) is 10.0. The van der Waals surface area contributed by atoms with Crippen molar-refractivity contribution in [1.29, 1.82) is 0 Å². The van der Waals surface area contributed by atoms with Crippen LogP contribution in [0, 0.1) is 12.3 Å². The molecule has 0 spiro atoms. The van der Waals surface area contributed by atoms with Crippen molar-refractivity contribution in [2.24, 2.45) is 10.4 Å². The molecule has 162 valence electrons. The Morgan fingerprint density at radius 2 is 1.93 bits per heavy atom. The molecular weight excluding hydrogens is 489 g/mol. The van der Waals surface area contributed by atoms with Gasteiger partial charge in [-0.3, -0.25) is 4.99 Å². The summed E-state index contributed by atoms with van der Waals surface area (Å²) in [6.45, 7) is 10.2. The zero-order valence-corrected chi connectivity index (χ0v) is 21.1. The first-order valence-corrected chi connectivity index (χ1v) is 11.5.